The molecule has 1 amide bonds. The van der Waals surface area contributed by atoms with E-state index >= 15 is 0 Å². The third-order valence-electron chi connectivity index (χ3n) is 4.61. The normalized spacial score (nSPS) is 16.0. The molecule has 0 radical (unpaired) electrons. The number of nitrogen functional groups attached to an aromatic ring is 1. The lowest BCUT2D eigenvalue weighted by Crippen LogP contribution is -2.18. The zero-order valence-corrected chi connectivity index (χ0v) is 15.5. The van der Waals surface area contributed by atoms with Gasteiger partial charge >= 0.3 is 0 Å². The number of ketones is 1. The molecule has 3 N–H and O–H groups in total. The third kappa shape index (κ3) is 3.48. The summed E-state index contributed by atoms with van der Waals surface area (Å²) in [6.45, 7) is 1.89. The summed E-state index contributed by atoms with van der Waals surface area (Å²) < 4.78 is 6.70. The van der Waals surface area contributed by atoms with Crippen LogP contribution in [0, 0.1) is 12.8 Å². The third-order valence-corrected chi connectivity index (χ3v) is 4.61. The number of hydrogen-bond acceptors (Lipinski definition) is 5. The Bertz CT molecular complexity index is 956. The Hall–Kier alpha value is -3.35. The highest BCUT2D eigenvalue weighted by Gasteiger charge is 2.25. The van der Waals surface area contributed by atoms with Crippen molar-refractivity contribution in [2.24, 2.45) is 5.92 Å². The molecule has 1 unspecified atom stereocenters. The van der Waals surface area contributed by atoms with Gasteiger partial charge in [0, 0.05) is 18.5 Å². The second-order valence-corrected chi connectivity index (χ2v) is 6.32. The predicted molar refractivity (Wildman–Crippen MR) is 103 cm³/mol. The number of benzene rings is 1. The van der Waals surface area contributed by atoms with Crippen LogP contribution in [-0.2, 0) is 4.74 Å². The lowest BCUT2D eigenvalue weighted by atomic mass is 9.92. The maximum Gasteiger partial charge on any atom is 0.251 e. The van der Waals surface area contributed by atoms with Gasteiger partial charge in [0.15, 0.2) is 5.78 Å². The fraction of sp³-hybridized carbons (Fsp3) is 0.250. The minimum Gasteiger partial charge on any atom is -0.497 e. The van der Waals surface area contributed by atoms with Gasteiger partial charge in [-0.15, -0.1) is 0 Å². The standard InChI is InChI=1S/C20H22N4O3/c1-12-7-8-14(20(26)22-2)10-17(12)24-19(21)16(11-23-24)18(25)13-5-4-6-15(9-13)27-3/h4,6-11,13H,5,21H2,1-3H3,(H,22,26). The number of amides is 1. The number of anilines is 1. The van der Waals surface area contributed by atoms with Gasteiger partial charge in [0.25, 0.3) is 5.91 Å². The number of nitrogens with two attached hydrogens (primary N) is 1. The molecule has 0 spiro atoms. The van der Waals surface area contributed by atoms with Crippen LogP contribution in [0.5, 0.6) is 0 Å². The second-order valence-electron chi connectivity index (χ2n) is 6.32. The number of allylic oxidation sites excluding steroid dienone is 3. The topological polar surface area (TPSA) is 99.2 Å². The van der Waals surface area contributed by atoms with Crippen molar-refractivity contribution >= 4 is 17.5 Å². The first-order valence-corrected chi connectivity index (χ1v) is 8.59. The summed E-state index contributed by atoms with van der Waals surface area (Å²) in [5, 5.41) is 6.89. The predicted octanol–water partition coefficient (Wildman–Crippen LogP) is 2.41. The molecule has 2 aromatic rings. The first kappa shape index (κ1) is 18.4. The molecule has 0 aliphatic heterocycles. The van der Waals surface area contributed by atoms with E-state index in [0.29, 0.717) is 29.0 Å². The van der Waals surface area contributed by atoms with Gasteiger partial charge in [-0.2, -0.15) is 5.10 Å². The van der Waals surface area contributed by atoms with Gasteiger partial charge in [-0.25, -0.2) is 4.68 Å². The maximum absolute atomic E-state index is 12.9. The molecule has 140 valence electrons. The Morgan fingerprint density at radius 3 is 2.85 bits per heavy atom. The lowest BCUT2D eigenvalue weighted by molar-refractivity contribution is 0.0940. The smallest absolute Gasteiger partial charge is 0.251 e. The first-order chi connectivity index (χ1) is 13.0. The van der Waals surface area contributed by atoms with Gasteiger partial charge in [0.05, 0.1) is 24.6 Å². The molecule has 0 bridgehead atoms. The van der Waals surface area contributed by atoms with E-state index in [0.717, 1.165) is 5.56 Å². The monoisotopic (exact) mass is 366 g/mol. The summed E-state index contributed by atoms with van der Waals surface area (Å²) in [5.74, 6) is 0.240. The number of Topliss-reactive ketones (excluding diaryl/α,β-unsaturated/α-hetero) is 1. The zero-order chi connectivity index (χ0) is 19.6. The number of carbonyl (C=O) groups is 2. The fourth-order valence-corrected chi connectivity index (χ4v) is 3.03. The number of rotatable bonds is 5. The Balaban J connectivity index is 1.97. The van der Waals surface area contributed by atoms with Gasteiger partial charge in [-0.1, -0.05) is 12.1 Å². The Kier molecular flexibility index (Phi) is 5.12. The van der Waals surface area contributed by atoms with Crippen molar-refractivity contribution in [3.05, 3.63) is 65.1 Å². The van der Waals surface area contributed by atoms with Crippen molar-refractivity contribution in [2.45, 2.75) is 13.3 Å². The van der Waals surface area contributed by atoms with Crippen LogP contribution in [0.2, 0.25) is 0 Å². The minimum atomic E-state index is -0.344. The van der Waals surface area contributed by atoms with Gasteiger partial charge in [0.2, 0.25) is 0 Å². The molecule has 0 fully saturated rings. The van der Waals surface area contributed by atoms with Crippen LogP contribution < -0.4 is 11.1 Å². The van der Waals surface area contributed by atoms with E-state index in [9.17, 15) is 9.59 Å². The molecule has 1 heterocycles. The molecule has 1 aromatic carbocycles. The molecule has 1 atom stereocenters. The van der Waals surface area contributed by atoms with Crippen LogP contribution in [0.3, 0.4) is 0 Å². The molecule has 1 aliphatic carbocycles. The highest BCUT2D eigenvalue weighted by atomic mass is 16.5. The van der Waals surface area contributed by atoms with E-state index in [1.165, 1.54) is 10.9 Å². The molecule has 7 nitrogen and oxygen atoms in total. The van der Waals surface area contributed by atoms with E-state index in [4.69, 9.17) is 10.5 Å². The van der Waals surface area contributed by atoms with Gasteiger partial charge in [-0.3, -0.25) is 9.59 Å². The van der Waals surface area contributed by atoms with E-state index in [-0.39, 0.29) is 23.4 Å². The van der Waals surface area contributed by atoms with Crippen molar-refractivity contribution in [1.29, 1.82) is 0 Å². The molecule has 0 saturated carbocycles. The lowest BCUT2D eigenvalue weighted by Gasteiger charge is -2.15. The number of ether oxygens (including phenoxy) is 1. The summed E-state index contributed by atoms with van der Waals surface area (Å²) >= 11 is 0. The molecule has 1 aromatic heterocycles. The zero-order valence-electron chi connectivity index (χ0n) is 15.5. The molecule has 0 saturated heterocycles. The van der Waals surface area contributed by atoms with E-state index in [1.54, 1.807) is 32.4 Å². The SMILES string of the molecule is CNC(=O)c1ccc(C)c(-n2ncc(C(=O)C3C=C(OC)C=CC3)c2N)c1. The number of nitrogens with zero attached hydrogens (tertiary/aromatic N) is 2. The number of methoxy groups -OCH3 is 1. The summed E-state index contributed by atoms with van der Waals surface area (Å²) in [5.41, 5.74) is 8.64. The molecule has 3 rings (SSSR count). The number of nitrogens with one attached hydrogen (secondary N) is 1. The minimum absolute atomic E-state index is 0.113. The van der Waals surface area contributed by atoms with Crippen LogP contribution in [-0.4, -0.2) is 35.6 Å². The fourth-order valence-electron chi connectivity index (χ4n) is 3.03. The average Bonchev–Trinajstić information content (AvgIpc) is 3.08. The van der Waals surface area contributed by atoms with Gasteiger partial charge in [0.1, 0.15) is 11.6 Å². The van der Waals surface area contributed by atoms with Crippen LogP contribution in [0.4, 0.5) is 5.82 Å². The summed E-state index contributed by atoms with van der Waals surface area (Å²) in [6, 6.07) is 5.26. The Morgan fingerprint density at radius 1 is 1.37 bits per heavy atom. The number of carbonyl (C=O) groups excluding carboxylic acids is 2. The molecule has 7 heteroatoms. The highest BCUT2D eigenvalue weighted by Crippen LogP contribution is 2.27. The van der Waals surface area contributed by atoms with Crippen molar-refractivity contribution in [3.8, 4) is 5.69 Å². The van der Waals surface area contributed by atoms with Crippen molar-refractivity contribution in [2.75, 3.05) is 19.9 Å². The molecular weight excluding hydrogens is 344 g/mol. The number of aryl methyl sites for hydroxylation is 1. The molecule has 27 heavy (non-hydrogen) atoms. The maximum atomic E-state index is 12.9. The van der Waals surface area contributed by atoms with Crippen molar-refractivity contribution in [1.82, 2.24) is 15.1 Å². The summed E-state index contributed by atoms with van der Waals surface area (Å²) in [4.78, 5) is 24.8. The van der Waals surface area contributed by atoms with Gasteiger partial charge < -0.3 is 15.8 Å². The molecule has 1 aliphatic rings. The van der Waals surface area contributed by atoms with Crippen LogP contribution in [0.1, 0.15) is 32.7 Å². The summed E-state index contributed by atoms with van der Waals surface area (Å²) in [6.07, 6.45) is 7.59. The number of aromatic nitrogens is 2. The number of hydrogen-bond donors (Lipinski definition) is 2. The van der Waals surface area contributed by atoms with E-state index < -0.39 is 0 Å². The quantitative estimate of drug-likeness (QED) is 0.792. The van der Waals surface area contributed by atoms with Crippen molar-refractivity contribution in [3.63, 3.8) is 0 Å². The van der Waals surface area contributed by atoms with Crippen molar-refractivity contribution < 1.29 is 14.3 Å². The van der Waals surface area contributed by atoms with Crippen LogP contribution >= 0.6 is 0 Å². The van der Waals surface area contributed by atoms with E-state index in [2.05, 4.69) is 10.4 Å². The Morgan fingerprint density at radius 2 is 2.15 bits per heavy atom. The second kappa shape index (κ2) is 7.49. The van der Waals surface area contributed by atoms with E-state index in [1.807, 2.05) is 25.1 Å². The Labute approximate surface area is 157 Å². The first-order valence-electron chi connectivity index (χ1n) is 8.59. The molecular formula is C20H22N4O3. The van der Waals surface area contributed by atoms with Gasteiger partial charge in [-0.05, 0) is 43.2 Å². The average molecular weight is 366 g/mol. The summed E-state index contributed by atoms with van der Waals surface area (Å²) in [7, 11) is 3.14. The highest BCUT2D eigenvalue weighted by molar-refractivity contribution is 6.03. The van der Waals surface area contributed by atoms with Crippen LogP contribution in [0.15, 0.2) is 48.4 Å². The van der Waals surface area contributed by atoms with Crippen LogP contribution in [0.25, 0.3) is 5.69 Å². The largest absolute Gasteiger partial charge is 0.497 e.